The molecule has 0 aliphatic rings. The van der Waals surface area contributed by atoms with E-state index in [4.69, 9.17) is 18.9 Å². The zero-order valence-electron chi connectivity index (χ0n) is 20.0. The van der Waals surface area contributed by atoms with Crippen LogP contribution in [0.3, 0.4) is 0 Å². The molecule has 34 heavy (non-hydrogen) atoms. The molecule has 3 rings (SSSR count). The first-order valence-electron chi connectivity index (χ1n) is 11.0. The third-order valence-corrected chi connectivity index (χ3v) is 5.70. The van der Waals surface area contributed by atoms with Crippen LogP contribution in [0.25, 0.3) is 0 Å². The van der Waals surface area contributed by atoms with Gasteiger partial charge in [0.05, 0.1) is 14.2 Å². The molecule has 0 radical (unpaired) electrons. The highest BCUT2D eigenvalue weighted by molar-refractivity contribution is 5.85. The Kier molecular flexibility index (Phi) is 8.44. The fourth-order valence-electron chi connectivity index (χ4n) is 3.86. The van der Waals surface area contributed by atoms with Crippen molar-refractivity contribution < 1.29 is 28.5 Å². The van der Waals surface area contributed by atoms with Crippen LogP contribution >= 0.6 is 0 Å². The van der Waals surface area contributed by atoms with E-state index in [2.05, 4.69) is 0 Å². The van der Waals surface area contributed by atoms with Crippen LogP contribution in [0.2, 0.25) is 0 Å². The van der Waals surface area contributed by atoms with Gasteiger partial charge in [-0.15, -0.1) is 0 Å². The standard InChI is InChI=1S/C28H30O6/c1-20(29)8-13-24(30)19-34-27-7-5-6-23(18-27)28(33-4,21-9-14-25(31-2)15-10-21)22-11-16-26(32-3)17-12-22/h5-7,9-12,14-18H,8,13,19H2,1-4H3. The normalized spacial score (nSPS) is 11.1. The molecular formula is C28H30O6. The van der Waals surface area contributed by atoms with Gasteiger partial charge in [0.15, 0.2) is 5.78 Å². The summed E-state index contributed by atoms with van der Waals surface area (Å²) in [5, 5.41) is 0. The van der Waals surface area contributed by atoms with Crippen molar-refractivity contribution in [3.63, 3.8) is 0 Å². The third kappa shape index (κ3) is 5.64. The van der Waals surface area contributed by atoms with E-state index in [1.54, 1.807) is 27.4 Å². The molecule has 6 nitrogen and oxygen atoms in total. The van der Waals surface area contributed by atoms with Gasteiger partial charge >= 0.3 is 0 Å². The number of carbonyl (C=O) groups excluding carboxylic acids is 2. The van der Waals surface area contributed by atoms with Crippen molar-refractivity contribution in [2.24, 2.45) is 0 Å². The van der Waals surface area contributed by atoms with Crippen molar-refractivity contribution in [1.82, 2.24) is 0 Å². The van der Waals surface area contributed by atoms with Crippen molar-refractivity contribution >= 4 is 11.6 Å². The van der Waals surface area contributed by atoms with E-state index in [9.17, 15) is 9.59 Å². The Morgan fingerprint density at radius 3 is 1.74 bits per heavy atom. The molecule has 3 aromatic carbocycles. The molecule has 0 aliphatic heterocycles. The van der Waals surface area contributed by atoms with Gasteiger partial charge in [-0.1, -0.05) is 36.4 Å². The quantitative estimate of drug-likeness (QED) is 0.354. The summed E-state index contributed by atoms with van der Waals surface area (Å²) in [6.45, 7) is 1.38. The van der Waals surface area contributed by atoms with Crippen molar-refractivity contribution in [3.05, 3.63) is 89.5 Å². The summed E-state index contributed by atoms with van der Waals surface area (Å²) in [6.07, 6.45) is 0.401. The predicted molar refractivity (Wildman–Crippen MR) is 130 cm³/mol. The Labute approximate surface area is 200 Å². The highest BCUT2D eigenvalue weighted by atomic mass is 16.5. The summed E-state index contributed by atoms with van der Waals surface area (Å²) in [6, 6.07) is 22.9. The lowest BCUT2D eigenvalue weighted by Gasteiger charge is -2.34. The van der Waals surface area contributed by atoms with Crippen LogP contribution in [-0.2, 0) is 19.9 Å². The van der Waals surface area contributed by atoms with Gasteiger partial charge in [-0.25, -0.2) is 0 Å². The lowest BCUT2D eigenvalue weighted by molar-refractivity contribution is -0.124. The molecule has 0 spiro atoms. The van der Waals surface area contributed by atoms with Crippen molar-refractivity contribution in [3.8, 4) is 17.2 Å². The molecule has 0 atom stereocenters. The van der Waals surface area contributed by atoms with E-state index in [1.165, 1.54) is 6.92 Å². The van der Waals surface area contributed by atoms with Gasteiger partial charge in [-0.3, -0.25) is 4.79 Å². The Bertz CT molecular complexity index is 1060. The molecule has 0 unspecified atom stereocenters. The second-order valence-electron chi connectivity index (χ2n) is 7.90. The van der Waals surface area contributed by atoms with E-state index in [0.29, 0.717) is 5.75 Å². The summed E-state index contributed by atoms with van der Waals surface area (Å²) in [7, 11) is 4.91. The van der Waals surface area contributed by atoms with Crippen LogP contribution in [0.1, 0.15) is 36.5 Å². The summed E-state index contributed by atoms with van der Waals surface area (Å²) in [5.41, 5.74) is 1.68. The minimum Gasteiger partial charge on any atom is -0.497 e. The maximum Gasteiger partial charge on any atom is 0.170 e. The SMILES string of the molecule is COc1ccc(C(OC)(c2ccc(OC)cc2)c2cccc(OCC(=O)CCC(C)=O)c2)cc1. The van der Waals surface area contributed by atoms with Crippen LogP contribution in [0, 0.1) is 0 Å². The van der Waals surface area contributed by atoms with Gasteiger partial charge in [-0.05, 0) is 60.0 Å². The van der Waals surface area contributed by atoms with Gasteiger partial charge in [0.1, 0.15) is 35.2 Å². The number of rotatable bonds is 12. The molecule has 0 aromatic heterocycles. The molecule has 0 heterocycles. The molecular weight excluding hydrogens is 432 g/mol. The first kappa shape index (κ1) is 25.0. The summed E-state index contributed by atoms with van der Waals surface area (Å²) in [5.74, 6) is 1.88. The Balaban J connectivity index is 2.01. The summed E-state index contributed by atoms with van der Waals surface area (Å²) < 4.78 is 22.7. The fraction of sp³-hybridized carbons (Fsp3) is 0.286. The number of carbonyl (C=O) groups is 2. The van der Waals surface area contributed by atoms with Crippen molar-refractivity contribution in [2.45, 2.75) is 25.4 Å². The Morgan fingerprint density at radius 1 is 0.706 bits per heavy atom. The third-order valence-electron chi connectivity index (χ3n) is 5.70. The Morgan fingerprint density at radius 2 is 1.26 bits per heavy atom. The molecule has 0 bridgehead atoms. The van der Waals surface area contributed by atoms with E-state index >= 15 is 0 Å². The van der Waals surface area contributed by atoms with Gasteiger partial charge in [0.25, 0.3) is 0 Å². The van der Waals surface area contributed by atoms with Crippen molar-refractivity contribution in [2.75, 3.05) is 27.9 Å². The van der Waals surface area contributed by atoms with Crippen LogP contribution in [0.4, 0.5) is 0 Å². The molecule has 0 amide bonds. The lowest BCUT2D eigenvalue weighted by atomic mass is 9.80. The molecule has 0 N–H and O–H groups in total. The first-order chi connectivity index (χ1) is 16.4. The topological polar surface area (TPSA) is 71.1 Å². The molecule has 0 saturated heterocycles. The molecule has 178 valence electrons. The maximum atomic E-state index is 12.1. The predicted octanol–water partition coefficient (Wildman–Crippen LogP) is 4.96. The largest absolute Gasteiger partial charge is 0.497 e. The number of ketones is 2. The number of methoxy groups -OCH3 is 3. The molecule has 0 aliphatic carbocycles. The van der Waals surface area contributed by atoms with Gasteiger partial charge in [0.2, 0.25) is 0 Å². The summed E-state index contributed by atoms with van der Waals surface area (Å²) in [4.78, 5) is 23.2. The minimum absolute atomic E-state index is 0.0146. The number of hydrogen-bond donors (Lipinski definition) is 0. The molecule has 6 heteroatoms. The Hall–Kier alpha value is -3.64. The highest BCUT2D eigenvalue weighted by Crippen LogP contribution is 2.42. The smallest absolute Gasteiger partial charge is 0.170 e. The van der Waals surface area contributed by atoms with Crippen LogP contribution < -0.4 is 14.2 Å². The second kappa shape index (κ2) is 11.5. The van der Waals surface area contributed by atoms with E-state index < -0.39 is 5.60 Å². The van der Waals surface area contributed by atoms with E-state index in [-0.39, 0.29) is 31.0 Å². The number of hydrogen-bond acceptors (Lipinski definition) is 6. The average molecular weight is 463 g/mol. The van der Waals surface area contributed by atoms with E-state index in [1.807, 2.05) is 66.7 Å². The van der Waals surface area contributed by atoms with Gasteiger partial charge in [0, 0.05) is 20.0 Å². The first-order valence-corrected chi connectivity index (χ1v) is 11.0. The highest BCUT2D eigenvalue weighted by Gasteiger charge is 2.37. The summed E-state index contributed by atoms with van der Waals surface area (Å²) >= 11 is 0. The number of Topliss-reactive ketones (excluding diaryl/α,β-unsaturated/α-hetero) is 2. The lowest BCUT2D eigenvalue weighted by Crippen LogP contribution is -2.31. The maximum absolute atomic E-state index is 12.1. The number of ether oxygens (including phenoxy) is 4. The van der Waals surface area contributed by atoms with Gasteiger partial charge in [-0.2, -0.15) is 0 Å². The van der Waals surface area contributed by atoms with E-state index in [0.717, 1.165) is 28.2 Å². The monoisotopic (exact) mass is 462 g/mol. The molecule has 3 aromatic rings. The van der Waals surface area contributed by atoms with Gasteiger partial charge < -0.3 is 23.7 Å². The van der Waals surface area contributed by atoms with Crippen molar-refractivity contribution in [1.29, 1.82) is 0 Å². The zero-order chi connectivity index (χ0) is 24.6. The zero-order valence-corrected chi connectivity index (χ0v) is 20.0. The minimum atomic E-state index is -0.948. The molecule has 0 fully saturated rings. The molecule has 0 saturated carbocycles. The fourth-order valence-corrected chi connectivity index (χ4v) is 3.86. The van der Waals surface area contributed by atoms with Crippen LogP contribution in [-0.4, -0.2) is 39.5 Å². The van der Waals surface area contributed by atoms with Crippen LogP contribution in [0.5, 0.6) is 17.2 Å². The number of benzene rings is 3. The average Bonchev–Trinajstić information content (AvgIpc) is 2.88. The second-order valence-corrected chi connectivity index (χ2v) is 7.90. The van der Waals surface area contributed by atoms with Crippen LogP contribution in [0.15, 0.2) is 72.8 Å².